The maximum absolute atomic E-state index is 4.69. The standard InChI is InChI=1S/C19H28N8/c1-3-16-22-18(25-19(23-16)27-11-9-26(2)10-12-27)24-17-14(5-4-8-20-17)13-21-15-6-7-15/h4-5,8,15,21H,3,6-7,9-13H2,1-2H3,(H,20,22,23,24,25). The molecule has 2 aromatic heterocycles. The van der Waals surface area contributed by atoms with Crippen molar-refractivity contribution in [1.82, 2.24) is 30.2 Å². The predicted molar refractivity (Wildman–Crippen MR) is 106 cm³/mol. The molecule has 1 saturated carbocycles. The number of aromatic nitrogens is 4. The van der Waals surface area contributed by atoms with E-state index in [9.17, 15) is 0 Å². The average molecular weight is 368 g/mol. The van der Waals surface area contributed by atoms with Crippen molar-refractivity contribution in [2.75, 3.05) is 43.4 Å². The van der Waals surface area contributed by atoms with Crippen molar-refractivity contribution < 1.29 is 0 Å². The van der Waals surface area contributed by atoms with Crippen LogP contribution in [0.15, 0.2) is 18.3 Å². The van der Waals surface area contributed by atoms with Gasteiger partial charge in [-0.15, -0.1) is 0 Å². The lowest BCUT2D eigenvalue weighted by molar-refractivity contribution is 0.311. The summed E-state index contributed by atoms with van der Waals surface area (Å²) in [5.74, 6) is 2.94. The number of hydrogen-bond donors (Lipinski definition) is 2. The molecule has 0 bridgehead atoms. The Kier molecular flexibility index (Phi) is 5.45. The Bertz CT molecular complexity index is 768. The van der Waals surface area contributed by atoms with Gasteiger partial charge < -0.3 is 20.4 Å². The van der Waals surface area contributed by atoms with Gasteiger partial charge in [0.2, 0.25) is 11.9 Å². The van der Waals surface area contributed by atoms with Crippen molar-refractivity contribution >= 4 is 17.7 Å². The normalized spacial score (nSPS) is 17.9. The molecular formula is C19H28N8. The van der Waals surface area contributed by atoms with E-state index in [1.165, 1.54) is 12.8 Å². The van der Waals surface area contributed by atoms with Gasteiger partial charge in [-0.3, -0.25) is 0 Å². The van der Waals surface area contributed by atoms with Gasteiger partial charge in [-0.1, -0.05) is 13.0 Å². The molecular weight excluding hydrogens is 340 g/mol. The third-order valence-corrected chi connectivity index (χ3v) is 5.05. The van der Waals surface area contributed by atoms with Gasteiger partial charge >= 0.3 is 0 Å². The van der Waals surface area contributed by atoms with Gasteiger partial charge in [-0.2, -0.15) is 15.0 Å². The first-order valence-corrected chi connectivity index (χ1v) is 9.84. The van der Waals surface area contributed by atoms with Crippen LogP contribution in [-0.2, 0) is 13.0 Å². The minimum absolute atomic E-state index is 0.571. The Morgan fingerprint density at radius 3 is 2.67 bits per heavy atom. The molecule has 1 aliphatic carbocycles. The molecule has 27 heavy (non-hydrogen) atoms. The first-order chi connectivity index (χ1) is 13.2. The van der Waals surface area contributed by atoms with Gasteiger partial charge in [0, 0.05) is 56.9 Å². The predicted octanol–water partition coefficient (Wildman–Crippen LogP) is 1.58. The number of nitrogens with one attached hydrogen (secondary N) is 2. The molecule has 1 aliphatic heterocycles. The summed E-state index contributed by atoms with van der Waals surface area (Å²) >= 11 is 0. The molecule has 144 valence electrons. The van der Waals surface area contributed by atoms with Crippen LogP contribution in [0.25, 0.3) is 0 Å². The average Bonchev–Trinajstić information content (AvgIpc) is 3.52. The molecule has 0 radical (unpaired) electrons. The second-order valence-corrected chi connectivity index (χ2v) is 7.31. The molecule has 2 fully saturated rings. The number of anilines is 3. The highest BCUT2D eigenvalue weighted by Gasteiger charge is 2.21. The van der Waals surface area contributed by atoms with Gasteiger partial charge in [0.05, 0.1) is 0 Å². The summed E-state index contributed by atoms with van der Waals surface area (Å²) in [4.78, 5) is 23.0. The fraction of sp³-hybridized carbons (Fsp3) is 0.579. The topological polar surface area (TPSA) is 82.1 Å². The van der Waals surface area contributed by atoms with Crippen LogP contribution in [0.1, 0.15) is 31.2 Å². The highest BCUT2D eigenvalue weighted by Crippen LogP contribution is 2.22. The third kappa shape index (κ3) is 4.70. The number of hydrogen-bond acceptors (Lipinski definition) is 8. The molecule has 2 aliphatic rings. The van der Waals surface area contributed by atoms with E-state index < -0.39 is 0 Å². The van der Waals surface area contributed by atoms with Crippen LogP contribution in [0.5, 0.6) is 0 Å². The maximum Gasteiger partial charge on any atom is 0.233 e. The molecule has 2 N–H and O–H groups in total. The van der Waals surface area contributed by atoms with Crippen molar-refractivity contribution in [2.45, 2.75) is 38.8 Å². The summed E-state index contributed by atoms with van der Waals surface area (Å²) in [5.41, 5.74) is 1.13. The number of aryl methyl sites for hydroxylation is 1. The molecule has 8 heteroatoms. The van der Waals surface area contributed by atoms with Crippen LogP contribution < -0.4 is 15.5 Å². The molecule has 1 saturated heterocycles. The molecule has 3 heterocycles. The fourth-order valence-electron chi connectivity index (χ4n) is 3.11. The highest BCUT2D eigenvalue weighted by molar-refractivity contribution is 5.54. The van der Waals surface area contributed by atoms with Gasteiger partial charge in [0.1, 0.15) is 11.6 Å². The number of nitrogens with zero attached hydrogens (tertiary/aromatic N) is 6. The molecule has 0 atom stereocenters. The number of piperazine rings is 1. The molecule has 0 amide bonds. The fourth-order valence-corrected chi connectivity index (χ4v) is 3.11. The summed E-state index contributed by atoms with van der Waals surface area (Å²) in [6.45, 7) is 6.78. The summed E-state index contributed by atoms with van der Waals surface area (Å²) < 4.78 is 0. The molecule has 8 nitrogen and oxygen atoms in total. The van der Waals surface area contributed by atoms with E-state index in [2.05, 4.69) is 60.4 Å². The molecule has 0 spiro atoms. The highest BCUT2D eigenvalue weighted by atomic mass is 15.3. The Balaban J connectivity index is 1.53. The van der Waals surface area contributed by atoms with Gasteiger partial charge in [0.15, 0.2) is 0 Å². The van der Waals surface area contributed by atoms with Crippen LogP contribution in [0.2, 0.25) is 0 Å². The van der Waals surface area contributed by atoms with Crippen LogP contribution >= 0.6 is 0 Å². The summed E-state index contributed by atoms with van der Waals surface area (Å²) in [7, 11) is 2.15. The quantitative estimate of drug-likeness (QED) is 0.762. The van der Waals surface area contributed by atoms with Crippen LogP contribution in [0.4, 0.5) is 17.7 Å². The summed E-state index contributed by atoms with van der Waals surface area (Å²) in [6.07, 6.45) is 5.11. The Labute approximate surface area is 160 Å². The van der Waals surface area contributed by atoms with Crippen molar-refractivity contribution in [3.63, 3.8) is 0 Å². The lowest BCUT2D eigenvalue weighted by Gasteiger charge is -2.32. The van der Waals surface area contributed by atoms with Crippen molar-refractivity contribution in [2.24, 2.45) is 0 Å². The van der Waals surface area contributed by atoms with E-state index in [0.29, 0.717) is 12.0 Å². The van der Waals surface area contributed by atoms with E-state index in [4.69, 9.17) is 0 Å². The molecule has 2 aromatic rings. The number of rotatable bonds is 7. The van der Waals surface area contributed by atoms with E-state index in [-0.39, 0.29) is 0 Å². The SMILES string of the molecule is CCc1nc(Nc2ncccc2CNC2CC2)nc(N2CCN(C)CC2)n1. The number of likely N-dealkylation sites (N-methyl/N-ethyl adjacent to an activating group) is 1. The van der Waals surface area contributed by atoms with E-state index in [1.54, 1.807) is 6.20 Å². The van der Waals surface area contributed by atoms with Gasteiger partial charge in [-0.05, 0) is 26.0 Å². The second kappa shape index (κ2) is 8.14. The molecule has 0 aromatic carbocycles. The summed E-state index contributed by atoms with van der Waals surface area (Å²) in [6, 6.07) is 4.72. The molecule has 4 rings (SSSR count). The van der Waals surface area contributed by atoms with Crippen LogP contribution in [0, 0.1) is 0 Å². The minimum Gasteiger partial charge on any atom is -0.338 e. The van der Waals surface area contributed by atoms with E-state index >= 15 is 0 Å². The second-order valence-electron chi connectivity index (χ2n) is 7.31. The first-order valence-electron chi connectivity index (χ1n) is 9.84. The zero-order valence-electron chi connectivity index (χ0n) is 16.1. The Morgan fingerprint density at radius 2 is 1.93 bits per heavy atom. The zero-order chi connectivity index (χ0) is 18.6. The summed E-state index contributed by atoms with van der Waals surface area (Å²) in [5, 5.41) is 6.87. The Morgan fingerprint density at radius 1 is 1.11 bits per heavy atom. The lowest BCUT2D eigenvalue weighted by Crippen LogP contribution is -2.45. The van der Waals surface area contributed by atoms with Crippen molar-refractivity contribution in [1.29, 1.82) is 0 Å². The van der Waals surface area contributed by atoms with Gasteiger partial charge in [0.25, 0.3) is 0 Å². The van der Waals surface area contributed by atoms with E-state index in [0.717, 1.165) is 62.3 Å². The maximum atomic E-state index is 4.69. The monoisotopic (exact) mass is 368 g/mol. The lowest BCUT2D eigenvalue weighted by atomic mass is 10.2. The van der Waals surface area contributed by atoms with Crippen molar-refractivity contribution in [3.05, 3.63) is 29.7 Å². The molecule has 0 unspecified atom stereocenters. The minimum atomic E-state index is 0.571. The number of pyridine rings is 1. The zero-order valence-corrected chi connectivity index (χ0v) is 16.1. The smallest absolute Gasteiger partial charge is 0.233 e. The van der Waals surface area contributed by atoms with E-state index in [1.807, 2.05) is 6.07 Å². The Hall–Kier alpha value is -2.32. The van der Waals surface area contributed by atoms with Crippen LogP contribution in [-0.4, -0.2) is 64.1 Å². The first kappa shape index (κ1) is 18.1. The van der Waals surface area contributed by atoms with Gasteiger partial charge in [-0.25, -0.2) is 4.98 Å². The van der Waals surface area contributed by atoms with Crippen LogP contribution in [0.3, 0.4) is 0 Å². The largest absolute Gasteiger partial charge is 0.338 e. The third-order valence-electron chi connectivity index (χ3n) is 5.05. The van der Waals surface area contributed by atoms with Crippen molar-refractivity contribution in [3.8, 4) is 0 Å².